The molecule has 2 saturated carbocycles. The smallest absolute Gasteiger partial charge is 0.253 e. The molecule has 0 unspecified atom stereocenters. The van der Waals surface area contributed by atoms with Crippen LogP contribution in [0.2, 0.25) is 0 Å². The van der Waals surface area contributed by atoms with Crippen molar-refractivity contribution in [3.63, 3.8) is 0 Å². The first-order valence-electron chi connectivity index (χ1n) is 11.5. The van der Waals surface area contributed by atoms with Gasteiger partial charge in [0.25, 0.3) is 5.91 Å². The lowest BCUT2D eigenvalue weighted by Gasteiger charge is -2.33. The second kappa shape index (κ2) is 8.12. The lowest BCUT2D eigenvalue weighted by atomic mass is 9.75. The predicted octanol–water partition coefficient (Wildman–Crippen LogP) is 4.92. The molecule has 5 rings (SSSR count). The van der Waals surface area contributed by atoms with Crippen molar-refractivity contribution < 1.29 is 9.90 Å². The molecule has 5 nitrogen and oxygen atoms in total. The lowest BCUT2D eigenvalue weighted by molar-refractivity contribution is 0.0754. The molecule has 0 aliphatic heterocycles. The Morgan fingerprint density at radius 3 is 2.32 bits per heavy atom. The minimum atomic E-state index is -0.450. The van der Waals surface area contributed by atoms with Crippen LogP contribution in [0, 0.1) is 5.92 Å². The number of rotatable bonds is 5. The van der Waals surface area contributed by atoms with Crippen molar-refractivity contribution in [2.45, 2.75) is 56.5 Å². The molecule has 1 atom stereocenters. The summed E-state index contributed by atoms with van der Waals surface area (Å²) >= 11 is 0. The summed E-state index contributed by atoms with van der Waals surface area (Å²) in [5.41, 5.74) is 5.46. The highest BCUT2D eigenvalue weighted by molar-refractivity contribution is 5.93. The summed E-state index contributed by atoms with van der Waals surface area (Å²) < 4.78 is 2.10. The number of hydrogen-bond acceptors (Lipinski definition) is 3. The van der Waals surface area contributed by atoms with E-state index in [1.54, 1.807) is 19.0 Å². The number of amides is 1. The summed E-state index contributed by atoms with van der Waals surface area (Å²) in [7, 11) is 3.56. The van der Waals surface area contributed by atoms with E-state index >= 15 is 0 Å². The molecular weight excluding hydrogens is 386 g/mol. The van der Waals surface area contributed by atoms with Crippen LogP contribution in [0.1, 0.15) is 83.6 Å². The molecule has 1 aromatic carbocycles. The molecule has 1 amide bonds. The molecule has 3 aromatic rings. The van der Waals surface area contributed by atoms with Crippen LogP contribution >= 0.6 is 0 Å². The van der Waals surface area contributed by atoms with E-state index in [0.29, 0.717) is 11.8 Å². The van der Waals surface area contributed by atoms with E-state index in [1.165, 1.54) is 24.0 Å². The highest BCUT2D eigenvalue weighted by Gasteiger charge is 2.34. The number of imidazole rings is 1. The van der Waals surface area contributed by atoms with Crippen molar-refractivity contribution in [2.75, 3.05) is 14.1 Å². The van der Waals surface area contributed by atoms with Crippen LogP contribution < -0.4 is 0 Å². The molecule has 1 N–H and O–H groups in total. The first-order valence-corrected chi connectivity index (χ1v) is 11.5. The fraction of sp³-hybridized carbons (Fsp3) is 0.462. The minimum absolute atomic E-state index is 0.0403. The summed E-state index contributed by atoms with van der Waals surface area (Å²) in [5.74, 6) is 1.41. The highest BCUT2D eigenvalue weighted by Crippen LogP contribution is 2.47. The summed E-state index contributed by atoms with van der Waals surface area (Å²) in [6, 6.07) is 12.4. The Balaban J connectivity index is 1.30. The number of aliphatic hydroxyl groups excluding tert-OH is 1. The second-order valence-corrected chi connectivity index (χ2v) is 9.51. The Bertz CT molecular complexity index is 1070. The molecular formula is C26H31N3O2. The lowest BCUT2D eigenvalue weighted by Crippen LogP contribution is -2.23. The van der Waals surface area contributed by atoms with Crippen LogP contribution in [0.4, 0.5) is 0 Å². The zero-order valence-electron chi connectivity index (χ0n) is 18.4. The topological polar surface area (TPSA) is 57.8 Å². The first kappa shape index (κ1) is 20.3. The van der Waals surface area contributed by atoms with Gasteiger partial charge >= 0.3 is 0 Å². The van der Waals surface area contributed by atoms with Crippen LogP contribution in [-0.2, 0) is 0 Å². The summed E-state index contributed by atoms with van der Waals surface area (Å²) in [6.45, 7) is 0. The zero-order chi connectivity index (χ0) is 21.5. The molecule has 2 fully saturated rings. The maximum absolute atomic E-state index is 12.1. The minimum Gasteiger partial charge on any atom is -0.387 e. The van der Waals surface area contributed by atoms with Crippen molar-refractivity contribution in [1.82, 2.24) is 14.3 Å². The number of aliphatic hydroxyl groups is 1. The number of carbonyl (C=O) groups is 1. The third-order valence-electron chi connectivity index (χ3n) is 7.21. The highest BCUT2D eigenvalue weighted by atomic mass is 16.3. The number of fused-ring (bicyclic) bond motifs is 1. The van der Waals surface area contributed by atoms with Gasteiger partial charge in [0.15, 0.2) is 0 Å². The number of pyridine rings is 1. The molecule has 162 valence electrons. The van der Waals surface area contributed by atoms with Gasteiger partial charge in [-0.05, 0) is 85.6 Å². The number of hydrogen-bond donors (Lipinski definition) is 1. The second-order valence-electron chi connectivity index (χ2n) is 9.51. The monoisotopic (exact) mass is 417 g/mol. The van der Waals surface area contributed by atoms with Gasteiger partial charge < -0.3 is 14.4 Å². The van der Waals surface area contributed by atoms with E-state index in [9.17, 15) is 9.90 Å². The van der Waals surface area contributed by atoms with Gasteiger partial charge in [-0.1, -0.05) is 18.2 Å². The van der Waals surface area contributed by atoms with Gasteiger partial charge in [0.1, 0.15) is 0 Å². The van der Waals surface area contributed by atoms with Crippen LogP contribution in [0.5, 0.6) is 0 Å². The molecule has 0 spiro atoms. The molecule has 5 heteroatoms. The largest absolute Gasteiger partial charge is 0.387 e. The van der Waals surface area contributed by atoms with E-state index in [4.69, 9.17) is 0 Å². The Morgan fingerprint density at radius 1 is 1.00 bits per heavy atom. The van der Waals surface area contributed by atoms with Gasteiger partial charge in [-0.3, -0.25) is 4.79 Å². The molecule has 0 bridgehead atoms. The molecule has 31 heavy (non-hydrogen) atoms. The van der Waals surface area contributed by atoms with Crippen molar-refractivity contribution in [3.8, 4) is 0 Å². The number of carbonyl (C=O) groups excluding carboxylic acids is 1. The summed E-state index contributed by atoms with van der Waals surface area (Å²) in [6.07, 6.45) is 9.88. The summed E-state index contributed by atoms with van der Waals surface area (Å²) in [5, 5.41) is 11.4. The quantitative estimate of drug-likeness (QED) is 0.641. The van der Waals surface area contributed by atoms with E-state index in [2.05, 4.69) is 33.7 Å². The van der Waals surface area contributed by atoms with Crippen LogP contribution in [0.25, 0.3) is 5.52 Å². The van der Waals surface area contributed by atoms with Gasteiger partial charge in [-0.2, -0.15) is 0 Å². The fourth-order valence-corrected chi connectivity index (χ4v) is 5.23. The van der Waals surface area contributed by atoms with E-state index < -0.39 is 6.10 Å². The maximum atomic E-state index is 12.1. The molecule has 2 heterocycles. The number of benzene rings is 1. The van der Waals surface area contributed by atoms with Gasteiger partial charge in [0.05, 0.1) is 29.8 Å². The van der Waals surface area contributed by atoms with Crippen molar-refractivity contribution in [2.24, 2.45) is 5.92 Å². The standard InChI is InChI=1S/C26H31N3O2/c1-28(2)26(31)21-11-5-18(6-12-21)17-3-9-20(10-4-17)25(30)24-23(19-7-8-19)14-13-22-15-27-16-29(22)24/h5-6,11-17,19-20,25,30H,3-4,7-10H2,1-2H3/t17-,20-,25-/m0/s1. The number of aromatic nitrogens is 2. The molecule has 2 aromatic heterocycles. The van der Waals surface area contributed by atoms with E-state index in [-0.39, 0.29) is 11.8 Å². The van der Waals surface area contributed by atoms with E-state index in [1.807, 2.05) is 24.7 Å². The van der Waals surface area contributed by atoms with Crippen LogP contribution in [0.3, 0.4) is 0 Å². The molecule has 0 saturated heterocycles. The Morgan fingerprint density at radius 2 is 1.68 bits per heavy atom. The predicted molar refractivity (Wildman–Crippen MR) is 121 cm³/mol. The van der Waals surface area contributed by atoms with Gasteiger partial charge in [0, 0.05) is 19.7 Å². The Kier molecular flexibility index (Phi) is 5.30. The third-order valence-corrected chi connectivity index (χ3v) is 7.21. The van der Waals surface area contributed by atoms with Gasteiger partial charge in [-0.25, -0.2) is 4.98 Å². The Hall–Kier alpha value is -2.66. The maximum Gasteiger partial charge on any atom is 0.253 e. The Labute approximate surface area is 183 Å². The molecule has 2 aliphatic rings. The van der Waals surface area contributed by atoms with Gasteiger partial charge in [-0.15, -0.1) is 0 Å². The SMILES string of the molecule is CN(C)C(=O)c1ccc([C@H]2CC[C@H]([C@H](O)c3c(C4CC4)ccc4cncn34)CC2)cc1. The number of nitrogens with zero attached hydrogens (tertiary/aromatic N) is 3. The molecule has 2 aliphatic carbocycles. The fourth-order valence-electron chi connectivity index (χ4n) is 5.23. The first-order chi connectivity index (χ1) is 15.0. The van der Waals surface area contributed by atoms with E-state index in [0.717, 1.165) is 42.5 Å². The normalized spacial score (nSPS) is 22.4. The van der Waals surface area contributed by atoms with Crippen molar-refractivity contribution >= 4 is 11.4 Å². The third kappa shape index (κ3) is 3.87. The van der Waals surface area contributed by atoms with Crippen molar-refractivity contribution in [1.29, 1.82) is 0 Å². The van der Waals surface area contributed by atoms with Crippen LogP contribution in [0.15, 0.2) is 48.9 Å². The van der Waals surface area contributed by atoms with Crippen molar-refractivity contribution in [3.05, 3.63) is 71.3 Å². The molecule has 0 radical (unpaired) electrons. The average molecular weight is 418 g/mol. The van der Waals surface area contributed by atoms with Gasteiger partial charge in [0.2, 0.25) is 0 Å². The van der Waals surface area contributed by atoms with Crippen LogP contribution in [-0.4, -0.2) is 39.4 Å². The summed E-state index contributed by atoms with van der Waals surface area (Å²) in [4.78, 5) is 18.1. The average Bonchev–Trinajstić information content (AvgIpc) is 3.54. The zero-order valence-corrected chi connectivity index (χ0v) is 18.4.